The van der Waals surface area contributed by atoms with Crippen LogP contribution in [-0.2, 0) is 11.2 Å². The molecule has 1 aromatic rings. The molecular formula is C16H23N3O. The van der Waals surface area contributed by atoms with Gasteiger partial charge >= 0.3 is 0 Å². The van der Waals surface area contributed by atoms with E-state index in [2.05, 4.69) is 35.0 Å². The molecule has 4 heteroatoms. The molecule has 2 aliphatic rings. The maximum absolute atomic E-state index is 12.5. The number of benzene rings is 1. The van der Waals surface area contributed by atoms with Crippen LogP contribution in [0.2, 0.25) is 0 Å². The smallest absolute Gasteiger partial charge is 0.244 e. The van der Waals surface area contributed by atoms with E-state index in [0.29, 0.717) is 0 Å². The highest BCUT2D eigenvalue weighted by Gasteiger charge is 2.39. The second-order valence-electron chi connectivity index (χ2n) is 5.82. The summed E-state index contributed by atoms with van der Waals surface area (Å²) in [5, 5.41) is 9.87. The van der Waals surface area contributed by atoms with Crippen molar-refractivity contribution in [2.45, 2.75) is 44.6 Å². The first-order chi connectivity index (χ1) is 9.73. The number of anilines is 2. The molecule has 108 valence electrons. The highest BCUT2D eigenvalue weighted by Crippen LogP contribution is 2.28. The maximum atomic E-state index is 12.5. The SMILES string of the molecule is CCC1(C(=O)Nc2ccc3c(c2)CCCN3)CCCN1. The highest BCUT2D eigenvalue weighted by molar-refractivity contribution is 5.98. The predicted octanol–water partition coefficient (Wildman–Crippen LogP) is 2.52. The van der Waals surface area contributed by atoms with Crippen LogP contribution in [0.5, 0.6) is 0 Å². The molecule has 0 spiro atoms. The Morgan fingerprint density at radius 3 is 3.00 bits per heavy atom. The molecule has 20 heavy (non-hydrogen) atoms. The third-order valence-corrected chi connectivity index (χ3v) is 4.58. The van der Waals surface area contributed by atoms with E-state index in [9.17, 15) is 4.79 Å². The van der Waals surface area contributed by atoms with Crippen molar-refractivity contribution in [3.8, 4) is 0 Å². The van der Waals surface area contributed by atoms with Crippen LogP contribution in [0, 0.1) is 0 Å². The maximum Gasteiger partial charge on any atom is 0.244 e. The quantitative estimate of drug-likeness (QED) is 0.793. The van der Waals surface area contributed by atoms with Crippen molar-refractivity contribution in [2.24, 2.45) is 0 Å². The summed E-state index contributed by atoms with van der Waals surface area (Å²) in [6.45, 7) is 4.06. The van der Waals surface area contributed by atoms with Gasteiger partial charge < -0.3 is 16.0 Å². The lowest BCUT2D eigenvalue weighted by Crippen LogP contribution is -2.50. The van der Waals surface area contributed by atoms with Gasteiger partial charge in [0.05, 0.1) is 5.54 Å². The summed E-state index contributed by atoms with van der Waals surface area (Å²) in [6, 6.07) is 6.18. The summed E-state index contributed by atoms with van der Waals surface area (Å²) >= 11 is 0. The summed E-state index contributed by atoms with van der Waals surface area (Å²) in [4.78, 5) is 12.5. The van der Waals surface area contributed by atoms with E-state index in [0.717, 1.165) is 50.9 Å². The zero-order valence-electron chi connectivity index (χ0n) is 12.1. The number of hydrogen-bond donors (Lipinski definition) is 3. The average molecular weight is 273 g/mol. The van der Waals surface area contributed by atoms with Gasteiger partial charge in [0.25, 0.3) is 0 Å². The van der Waals surface area contributed by atoms with E-state index in [1.165, 1.54) is 11.3 Å². The number of aryl methyl sites for hydroxylation is 1. The van der Waals surface area contributed by atoms with Crippen molar-refractivity contribution in [1.82, 2.24) is 5.32 Å². The molecule has 4 nitrogen and oxygen atoms in total. The van der Waals surface area contributed by atoms with Crippen LogP contribution in [0.3, 0.4) is 0 Å². The summed E-state index contributed by atoms with van der Waals surface area (Å²) < 4.78 is 0. The first-order valence-corrected chi connectivity index (χ1v) is 7.67. The Kier molecular flexibility index (Phi) is 3.66. The zero-order valence-corrected chi connectivity index (χ0v) is 12.1. The molecule has 0 saturated carbocycles. The lowest BCUT2D eigenvalue weighted by Gasteiger charge is -2.27. The Morgan fingerprint density at radius 1 is 1.35 bits per heavy atom. The highest BCUT2D eigenvalue weighted by atomic mass is 16.2. The average Bonchev–Trinajstić information content (AvgIpc) is 2.97. The van der Waals surface area contributed by atoms with Gasteiger partial charge in [0.2, 0.25) is 5.91 Å². The number of carbonyl (C=O) groups is 1. The molecule has 2 aliphatic heterocycles. The van der Waals surface area contributed by atoms with Crippen molar-refractivity contribution in [3.63, 3.8) is 0 Å². The van der Waals surface area contributed by atoms with Crippen molar-refractivity contribution < 1.29 is 4.79 Å². The Hall–Kier alpha value is -1.55. The molecule has 1 atom stereocenters. The fraction of sp³-hybridized carbons (Fsp3) is 0.562. The monoisotopic (exact) mass is 273 g/mol. The molecule has 1 saturated heterocycles. The second-order valence-corrected chi connectivity index (χ2v) is 5.82. The number of amides is 1. The molecule has 2 heterocycles. The van der Waals surface area contributed by atoms with Gasteiger partial charge in [-0.2, -0.15) is 0 Å². The third kappa shape index (κ3) is 2.40. The Bertz CT molecular complexity index is 506. The van der Waals surface area contributed by atoms with Gasteiger partial charge in [0, 0.05) is 17.9 Å². The summed E-state index contributed by atoms with van der Waals surface area (Å²) in [7, 11) is 0. The van der Waals surface area contributed by atoms with Crippen LogP contribution in [0.15, 0.2) is 18.2 Å². The normalized spacial score (nSPS) is 24.9. The number of hydrogen-bond acceptors (Lipinski definition) is 3. The Balaban J connectivity index is 1.75. The summed E-state index contributed by atoms with van der Waals surface area (Å²) in [6.07, 6.45) is 5.09. The van der Waals surface area contributed by atoms with E-state index < -0.39 is 0 Å². The van der Waals surface area contributed by atoms with Gasteiger partial charge in [-0.05, 0) is 62.4 Å². The Morgan fingerprint density at radius 2 is 2.25 bits per heavy atom. The van der Waals surface area contributed by atoms with Crippen molar-refractivity contribution >= 4 is 17.3 Å². The van der Waals surface area contributed by atoms with Crippen LogP contribution >= 0.6 is 0 Å². The van der Waals surface area contributed by atoms with Crippen LogP contribution < -0.4 is 16.0 Å². The first-order valence-electron chi connectivity index (χ1n) is 7.67. The van der Waals surface area contributed by atoms with Gasteiger partial charge in [-0.1, -0.05) is 6.92 Å². The standard InChI is InChI=1S/C16H23N3O/c1-2-16(8-4-10-18-16)15(20)19-13-6-7-14-12(11-13)5-3-9-17-14/h6-7,11,17-18H,2-5,8-10H2,1H3,(H,19,20). The molecule has 0 aliphatic carbocycles. The van der Waals surface area contributed by atoms with E-state index >= 15 is 0 Å². The molecule has 3 rings (SSSR count). The molecular weight excluding hydrogens is 250 g/mol. The van der Waals surface area contributed by atoms with E-state index in [1.54, 1.807) is 0 Å². The Labute approximate surface area is 120 Å². The van der Waals surface area contributed by atoms with E-state index in [4.69, 9.17) is 0 Å². The van der Waals surface area contributed by atoms with E-state index in [1.807, 2.05) is 6.07 Å². The van der Waals surface area contributed by atoms with Crippen molar-refractivity contribution in [2.75, 3.05) is 23.7 Å². The number of fused-ring (bicyclic) bond motifs is 1. The van der Waals surface area contributed by atoms with Gasteiger partial charge in [-0.15, -0.1) is 0 Å². The lowest BCUT2D eigenvalue weighted by atomic mass is 9.93. The first kappa shape index (κ1) is 13.4. The summed E-state index contributed by atoms with van der Waals surface area (Å²) in [5.41, 5.74) is 3.06. The largest absolute Gasteiger partial charge is 0.385 e. The molecule has 1 aromatic carbocycles. The molecule has 0 aromatic heterocycles. The lowest BCUT2D eigenvalue weighted by molar-refractivity contribution is -0.122. The van der Waals surface area contributed by atoms with Gasteiger partial charge in [-0.3, -0.25) is 4.79 Å². The van der Waals surface area contributed by atoms with Gasteiger partial charge in [0.1, 0.15) is 0 Å². The summed E-state index contributed by atoms with van der Waals surface area (Å²) in [5.74, 6) is 0.112. The molecule has 1 unspecified atom stereocenters. The molecule has 1 amide bonds. The molecule has 1 fully saturated rings. The minimum atomic E-state index is -0.367. The fourth-order valence-electron chi connectivity index (χ4n) is 3.27. The zero-order chi connectivity index (χ0) is 14.0. The molecule has 0 bridgehead atoms. The molecule has 0 radical (unpaired) electrons. The topological polar surface area (TPSA) is 53.2 Å². The number of carbonyl (C=O) groups excluding carboxylic acids is 1. The number of rotatable bonds is 3. The minimum Gasteiger partial charge on any atom is -0.385 e. The van der Waals surface area contributed by atoms with E-state index in [-0.39, 0.29) is 11.4 Å². The predicted molar refractivity (Wildman–Crippen MR) is 82.1 cm³/mol. The third-order valence-electron chi connectivity index (χ3n) is 4.58. The van der Waals surface area contributed by atoms with Crippen molar-refractivity contribution in [3.05, 3.63) is 23.8 Å². The van der Waals surface area contributed by atoms with Crippen LogP contribution in [-0.4, -0.2) is 24.5 Å². The van der Waals surface area contributed by atoms with Crippen LogP contribution in [0.1, 0.15) is 38.2 Å². The van der Waals surface area contributed by atoms with Gasteiger partial charge in [-0.25, -0.2) is 0 Å². The van der Waals surface area contributed by atoms with Gasteiger partial charge in [0.15, 0.2) is 0 Å². The van der Waals surface area contributed by atoms with Crippen LogP contribution in [0.4, 0.5) is 11.4 Å². The number of nitrogens with one attached hydrogen (secondary N) is 3. The second kappa shape index (κ2) is 5.44. The molecule has 3 N–H and O–H groups in total. The van der Waals surface area contributed by atoms with Crippen LogP contribution in [0.25, 0.3) is 0 Å². The van der Waals surface area contributed by atoms with Crippen molar-refractivity contribution in [1.29, 1.82) is 0 Å². The fourth-order valence-corrected chi connectivity index (χ4v) is 3.27. The minimum absolute atomic E-state index is 0.112.